The van der Waals surface area contributed by atoms with Gasteiger partial charge in [0.05, 0.1) is 22.5 Å². The minimum Gasteiger partial charge on any atom is -0.348 e. The third-order valence-corrected chi connectivity index (χ3v) is 4.96. The zero-order valence-corrected chi connectivity index (χ0v) is 17.6. The van der Waals surface area contributed by atoms with Crippen LogP contribution < -0.4 is 10.6 Å². The molecule has 0 radical (unpaired) electrons. The summed E-state index contributed by atoms with van der Waals surface area (Å²) < 4.78 is 0. The number of nitrogens with one attached hydrogen (secondary N) is 2. The fraction of sp³-hybridized carbons (Fsp3) is 0.0769. The second-order valence-corrected chi connectivity index (χ2v) is 7.27. The monoisotopic (exact) mass is 422 g/mol. The molecule has 4 rings (SSSR count). The van der Waals surface area contributed by atoms with E-state index in [-0.39, 0.29) is 11.8 Å². The maximum atomic E-state index is 12.7. The number of benzene rings is 2. The molecule has 4 aromatic rings. The number of carbonyl (C=O) groups is 2. The fourth-order valence-electron chi connectivity index (χ4n) is 3.31. The van der Waals surface area contributed by atoms with E-state index in [1.165, 1.54) is 6.20 Å². The van der Waals surface area contributed by atoms with Crippen molar-refractivity contribution in [3.63, 3.8) is 0 Å². The Hall–Kier alpha value is -4.32. The predicted molar refractivity (Wildman–Crippen MR) is 124 cm³/mol. The van der Waals surface area contributed by atoms with Crippen LogP contribution in [0.5, 0.6) is 0 Å². The van der Waals surface area contributed by atoms with Gasteiger partial charge < -0.3 is 10.6 Å². The first-order valence-corrected chi connectivity index (χ1v) is 10.2. The minimum atomic E-state index is -0.237. The molecule has 0 saturated carbocycles. The van der Waals surface area contributed by atoms with Crippen molar-refractivity contribution in [2.75, 3.05) is 5.32 Å². The van der Waals surface area contributed by atoms with Gasteiger partial charge in [-0.05, 0) is 48.9 Å². The lowest BCUT2D eigenvalue weighted by atomic mass is 10.1. The summed E-state index contributed by atoms with van der Waals surface area (Å²) in [6, 6.07) is 24.3. The zero-order valence-electron chi connectivity index (χ0n) is 17.6. The molecular formula is C26H22N4O2. The molecule has 158 valence electrons. The van der Waals surface area contributed by atoms with Crippen LogP contribution >= 0.6 is 0 Å². The highest BCUT2D eigenvalue weighted by molar-refractivity contribution is 6.04. The van der Waals surface area contributed by atoms with Crippen molar-refractivity contribution in [1.82, 2.24) is 15.3 Å². The number of anilines is 1. The lowest BCUT2D eigenvalue weighted by Crippen LogP contribution is -2.24. The first kappa shape index (κ1) is 20.9. The van der Waals surface area contributed by atoms with Crippen molar-refractivity contribution < 1.29 is 9.59 Å². The molecule has 0 aliphatic rings. The molecular weight excluding hydrogens is 400 g/mol. The van der Waals surface area contributed by atoms with Crippen LogP contribution in [0.2, 0.25) is 0 Å². The number of amides is 2. The van der Waals surface area contributed by atoms with E-state index >= 15 is 0 Å². The molecule has 0 fully saturated rings. The van der Waals surface area contributed by atoms with Crippen molar-refractivity contribution in [2.45, 2.75) is 13.5 Å². The summed E-state index contributed by atoms with van der Waals surface area (Å²) >= 11 is 0. The van der Waals surface area contributed by atoms with Gasteiger partial charge in [0.1, 0.15) is 0 Å². The number of pyridine rings is 2. The van der Waals surface area contributed by atoms with Crippen molar-refractivity contribution in [2.24, 2.45) is 0 Å². The molecule has 2 amide bonds. The van der Waals surface area contributed by atoms with Crippen LogP contribution in [-0.2, 0) is 6.54 Å². The number of hydrogen-bond donors (Lipinski definition) is 2. The molecule has 6 nitrogen and oxygen atoms in total. The number of carbonyl (C=O) groups excluding carboxylic acids is 2. The maximum absolute atomic E-state index is 12.7. The number of aryl methyl sites for hydroxylation is 1. The normalized spacial score (nSPS) is 10.4. The molecule has 2 aromatic heterocycles. The van der Waals surface area contributed by atoms with Gasteiger partial charge in [-0.15, -0.1) is 0 Å². The van der Waals surface area contributed by atoms with E-state index in [0.717, 1.165) is 16.8 Å². The van der Waals surface area contributed by atoms with E-state index in [0.29, 0.717) is 29.1 Å². The molecule has 0 bridgehead atoms. The first-order chi connectivity index (χ1) is 15.6. The first-order valence-electron chi connectivity index (χ1n) is 10.2. The average molecular weight is 422 g/mol. The van der Waals surface area contributed by atoms with Gasteiger partial charge in [0, 0.05) is 30.2 Å². The van der Waals surface area contributed by atoms with E-state index in [2.05, 4.69) is 20.6 Å². The van der Waals surface area contributed by atoms with E-state index in [1.54, 1.807) is 30.5 Å². The van der Waals surface area contributed by atoms with Crippen molar-refractivity contribution in [3.05, 3.63) is 114 Å². The molecule has 2 heterocycles. The number of nitrogens with zero attached hydrogens (tertiary/aromatic N) is 2. The van der Waals surface area contributed by atoms with Crippen molar-refractivity contribution >= 4 is 17.5 Å². The summed E-state index contributed by atoms with van der Waals surface area (Å²) in [6.07, 6.45) is 3.13. The van der Waals surface area contributed by atoms with Crippen LogP contribution in [0.4, 0.5) is 5.69 Å². The van der Waals surface area contributed by atoms with Crippen LogP contribution in [-0.4, -0.2) is 21.8 Å². The topological polar surface area (TPSA) is 84.0 Å². The molecule has 32 heavy (non-hydrogen) atoms. The largest absolute Gasteiger partial charge is 0.348 e. The van der Waals surface area contributed by atoms with Gasteiger partial charge in [-0.25, -0.2) is 0 Å². The number of hydrogen-bond acceptors (Lipinski definition) is 4. The molecule has 2 N–H and O–H groups in total. The highest BCUT2D eigenvalue weighted by atomic mass is 16.2. The second kappa shape index (κ2) is 9.66. The Bertz CT molecular complexity index is 1240. The van der Waals surface area contributed by atoms with Crippen LogP contribution in [0, 0.1) is 6.92 Å². The van der Waals surface area contributed by atoms with Crippen LogP contribution in [0.25, 0.3) is 11.3 Å². The predicted octanol–water partition coefficient (Wildman–Crippen LogP) is 4.63. The molecule has 0 spiro atoms. The van der Waals surface area contributed by atoms with E-state index in [9.17, 15) is 9.59 Å². The van der Waals surface area contributed by atoms with Crippen molar-refractivity contribution in [1.29, 1.82) is 0 Å². The Morgan fingerprint density at radius 2 is 1.72 bits per heavy atom. The summed E-state index contributed by atoms with van der Waals surface area (Å²) in [5.41, 5.74) is 5.04. The van der Waals surface area contributed by atoms with Crippen LogP contribution in [0.15, 0.2) is 91.3 Å². The van der Waals surface area contributed by atoms with Gasteiger partial charge in [0.2, 0.25) is 0 Å². The summed E-state index contributed by atoms with van der Waals surface area (Å²) in [4.78, 5) is 33.6. The highest BCUT2D eigenvalue weighted by Gasteiger charge is 2.12. The number of rotatable bonds is 6. The maximum Gasteiger partial charge on any atom is 0.257 e. The van der Waals surface area contributed by atoms with E-state index in [4.69, 9.17) is 0 Å². The van der Waals surface area contributed by atoms with Crippen LogP contribution in [0.3, 0.4) is 0 Å². The SMILES string of the molecule is Cc1nc(-c2ccccc2)ccc1C(=O)NCc1cccc(NC(=O)c2cccnc2)c1. The zero-order chi connectivity index (χ0) is 22.3. The van der Waals surface area contributed by atoms with Gasteiger partial charge in [-0.3, -0.25) is 19.6 Å². The molecule has 0 aliphatic carbocycles. The van der Waals surface area contributed by atoms with Crippen molar-refractivity contribution in [3.8, 4) is 11.3 Å². The summed E-state index contributed by atoms with van der Waals surface area (Å²) in [7, 11) is 0. The minimum absolute atomic E-state index is 0.195. The third kappa shape index (κ3) is 5.05. The van der Waals surface area contributed by atoms with Gasteiger partial charge in [-0.2, -0.15) is 0 Å². The second-order valence-electron chi connectivity index (χ2n) is 7.27. The average Bonchev–Trinajstić information content (AvgIpc) is 2.84. The quantitative estimate of drug-likeness (QED) is 0.474. The number of aromatic nitrogens is 2. The van der Waals surface area contributed by atoms with Crippen LogP contribution in [0.1, 0.15) is 32.0 Å². The standard InChI is InChI=1S/C26H22N4O2/c1-18-23(12-13-24(29-18)20-8-3-2-4-9-20)26(32)28-16-19-7-5-11-22(15-19)30-25(31)21-10-6-14-27-17-21/h2-15,17H,16H2,1H3,(H,28,32)(H,30,31). The van der Waals surface area contributed by atoms with E-state index < -0.39 is 0 Å². The van der Waals surface area contributed by atoms with Gasteiger partial charge >= 0.3 is 0 Å². The molecule has 0 saturated heterocycles. The third-order valence-electron chi connectivity index (χ3n) is 4.96. The Morgan fingerprint density at radius 1 is 0.875 bits per heavy atom. The Balaban J connectivity index is 1.40. The highest BCUT2D eigenvalue weighted by Crippen LogP contribution is 2.19. The summed E-state index contributed by atoms with van der Waals surface area (Å²) in [6.45, 7) is 2.16. The smallest absolute Gasteiger partial charge is 0.257 e. The molecule has 0 atom stereocenters. The molecule has 6 heteroatoms. The van der Waals surface area contributed by atoms with Gasteiger partial charge in [0.25, 0.3) is 11.8 Å². The molecule has 0 unspecified atom stereocenters. The summed E-state index contributed by atoms with van der Waals surface area (Å²) in [5, 5.41) is 5.77. The molecule has 0 aliphatic heterocycles. The Morgan fingerprint density at radius 3 is 2.47 bits per heavy atom. The Kier molecular flexibility index (Phi) is 6.32. The Labute approximate surface area is 186 Å². The van der Waals surface area contributed by atoms with E-state index in [1.807, 2.05) is 61.5 Å². The lowest BCUT2D eigenvalue weighted by Gasteiger charge is -2.11. The van der Waals surface area contributed by atoms with Gasteiger partial charge in [0.15, 0.2) is 0 Å². The lowest BCUT2D eigenvalue weighted by molar-refractivity contribution is 0.0949. The summed E-state index contributed by atoms with van der Waals surface area (Å²) in [5.74, 6) is -0.432. The van der Waals surface area contributed by atoms with Gasteiger partial charge in [-0.1, -0.05) is 42.5 Å². The molecule has 2 aromatic carbocycles. The fourth-order valence-corrected chi connectivity index (χ4v) is 3.31.